The number of amides is 1. The van der Waals surface area contributed by atoms with Crippen LogP contribution in [-0.4, -0.2) is 75.7 Å². The van der Waals surface area contributed by atoms with Crippen LogP contribution in [0, 0.1) is 0 Å². The van der Waals surface area contributed by atoms with Crippen LogP contribution in [0.25, 0.3) is 0 Å². The number of ether oxygens (including phenoxy) is 3. The Labute approximate surface area is 207 Å². The Morgan fingerprint density at radius 1 is 1.11 bits per heavy atom. The predicted octanol–water partition coefficient (Wildman–Crippen LogP) is 3.75. The molecule has 1 atom stereocenters. The molecule has 1 saturated heterocycles. The molecule has 1 aromatic carbocycles. The van der Waals surface area contributed by atoms with E-state index in [9.17, 15) is 19.8 Å². The normalized spacial score (nSPS) is 22.8. The van der Waals surface area contributed by atoms with Gasteiger partial charge in [-0.3, -0.25) is 4.90 Å². The summed E-state index contributed by atoms with van der Waals surface area (Å²) in [5.74, 6) is -0.204. The van der Waals surface area contributed by atoms with E-state index in [-0.39, 0.29) is 30.5 Å². The number of esters is 1. The Hall–Kier alpha value is -2.78. The lowest BCUT2D eigenvalue weighted by atomic mass is 9.75. The van der Waals surface area contributed by atoms with E-state index in [1.807, 2.05) is 49.9 Å². The van der Waals surface area contributed by atoms with Gasteiger partial charge >= 0.3 is 12.1 Å². The summed E-state index contributed by atoms with van der Waals surface area (Å²) in [5, 5.41) is 22.7. The Kier molecular flexibility index (Phi) is 7.71. The number of carbonyl (C=O) groups is 2. The fourth-order valence-corrected chi connectivity index (χ4v) is 4.99. The molecule has 1 unspecified atom stereocenters. The van der Waals surface area contributed by atoms with Crippen molar-refractivity contribution in [2.75, 3.05) is 26.8 Å². The number of aliphatic hydroxyl groups is 2. The molecule has 2 N–H and O–H groups in total. The molecule has 1 spiro atoms. The van der Waals surface area contributed by atoms with Gasteiger partial charge in [0.25, 0.3) is 0 Å². The van der Waals surface area contributed by atoms with Gasteiger partial charge in [0.2, 0.25) is 0 Å². The molecule has 2 heterocycles. The summed E-state index contributed by atoms with van der Waals surface area (Å²) in [7, 11) is 1.59. The van der Waals surface area contributed by atoms with Gasteiger partial charge in [0.1, 0.15) is 22.7 Å². The van der Waals surface area contributed by atoms with Crippen LogP contribution in [0.15, 0.2) is 35.6 Å². The highest BCUT2D eigenvalue weighted by Crippen LogP contribution is 2.47. The lowest BCUT2D eigenvalue weighted by Gasteiger charge is -2.56. The molecule has 0 radical (unpaired) electrons. The standard InChI is InChI=1S/C26H38N2O7/c1-7-34-22(30)21-20(29)16-26(12-14-27(15-13-26)23(31)35-24(2,3)4)28(25(21,5)32)17-18-8-10-19(33-6)11-9-18/h8-11,29,32H,7,12-17H2,1-6H3. The quantitative estimate of drug-likeness (QED) is 0.601. The number of carbonyl (C=O) groups excluding carboxylic acids is 2. The Morgan fingerprint density at radius 3 is 2.23 bits per heavy atom. The summed E-state index contributed by atoms with van der Waals surface area (Å²) in [4.78, 5) is 28.9. The van der Waals surface area contributed by atoms with Crippen molar-refractivity contribution >= 4 is 12.1 Å². The van der Waals surface area contributed by atoms with Crippen LogP contribution in [-0.2, 0) is 20.8 Å². The zero-order valence-electron chi connectivity index (χ0n) is 21.6. The Morgan fingerprint density at radius 2 is 1.71 bits per heavy atom. The maximum atomic E-state index is 12.7. The van der Waals surface area contributed by atoms with Crippen molar-refractivity contribution in [2.45, 2.75) is 77.3 Å². The molecule has 0 bridgehead atoms. The van der Waals surface area contributed by atoms with E-state index in [2.05, 4.69) is 0 Å². The van der Waals surface area contributed by atoms with Gasteiger partial charge in [-0.1, -0.05) is 12.1 Å². The van der Waals surface area contributed by atoms with E-state index in [1.54, 1.807) is 18.9 Å². The second-order valence-electron chi connectivity index (χ2n) is 10.4. The van der Waals surface area contributed by atoms with Crippen molar-refractivity contribution in [3.63, 3.8) is 0 Å². The first kappa shape index (κ1) is 26.8. The molecule has 1 aromatic rings. The van der Waals surface area contributed by atoms with Crippen LogP contribution in [0.2, 0.25) is 0 Å². The van der Waals surface area contributed by atoms with Crippen molar-refractivity contribution in [1.29, 1.82) is 0 Å². The molecule has 0 saturated carbocycles. The molecule has 3 rings (SSSR count). The first-order valence-corrected chi connectivity index (χ1v) is 12.0. The summed E-state index contributed by atoms with van der Waals surface area (Å²) in [6.45, 7) is 9.90. The highest BCUT2D eigenvalue weighted by molar-refractivity contribution is 5.91. The van der Waals surface area contributed by atoms with E-state index in [0.29, 0.717) is 38.2 Å². The number of hydrogen-bond acceptors (Lipinski definition) is 8. The minimum absolute atomic E-state index is 0.125. The molecule has 35 heavy (non-hydrogen) atoms. The first-order valence-electron chi connectivity index (χ1n) is 12.0. The number of benzene rings is 1. The molecular weight excluding hydrogens is 452 g/mol. The molecule has 194 valence electrons. The van der Waals surface area contributed by atoms with Crippen LogP contribution in [0.1, 0.15) is 59.4 Å². The molecule has 0 aliphatic carbocycles. The van der Waals surface area contributed by atoms with E-state index < -0.39 is 22.8 Å². The van der Waals surface area contributed by atoms with Crippen LogP contribution in [0.5, 0.6) is 5.75 Å². The van der Waals surface area contributed by atoms with Crippen LogP contribution < -0.4 is 4.74 Å². The van der Waals surface area contributed by atoms with E-state index >= 15 is 0 Å². The van der Waals surface area contributed by atoms with Gasteiger partial charge in [0.05, 0.1) is 13.7 Å². The van der Waals surface area contributed by atoms with Crippen molar-refractivity contribution < 1.29 is 34.0 Å². The van der Waals surface area contributed by atoms with Crippen LogP contribution >= 0.6 is 0 Å². The smallest absolute Gasteiger partial charge is 0.410 e. The van der Waals surface area contributed by atoms with Gasteiger partial charge in [-0.25, -0.2) is 9.59 Å². The summed E-state index contributed by atoms with van der Waals surface area (Å²) >= 11 is 0. The summed E-state index contributed by atoms with van der Waals surface area (Å²) in [5.41, 5.74) is -2.31. The van der Waals surface area contributed by atoms with Gasteiger partial charge in [-0.2, -0.15) is 0 Å². The number of methoxy groups -OCH3 is 1. The highest BCUT2D eigenvalue weighted by Gasteiger charge is 2.56. The average molecular weight is 491 g/mol. The number of rotatable bonds is 5. The van der Waals surface area contributed by atoms with Crippen molar-refractivity contribution in [3.05, 3.63) is 41.2 Å². The number of aliphatic hydroxyl groups excluding tert-OH is 1. The SMILES string of the molecule is CCOC(=O)C1=C(O)CC2(CCN(C(=O)OC(C)(C)C)CC2)N(Cc2ccc(OC)cc2)C1(C)O. The third-order valence-electron chi connectivity index (χ3n) is 6.68. The van der Waals surface area contributed by atoms with E-state index in [0.717, 1.165) is 5.56 Å². The first-order chi connectivity index (χ1) is 16.3. The molecular formula is C26H38N2O7. The third kappa shape index (κ3) is 5.73. The van der Waals surface area contributed by atoms with Gasteiger partial charge in [-0.05, 0) is 65.2 Å². The number of hydrogen-bond donors (Lipinski definition) is 2. The highest BCUT2D eigenvalue weighted by atomic mass is 16.6. The second kappa shape index (κ2) is 10.1. The predicted molar refractivity (Wildman–Crippen MR) is 130 cm³/mol. The molecule has 1 fully saturated rings. The van der Waals surface area contributed by atoms with Crippen LogP contribution in [0.4, 0.5) is 4.79 Å². The molecule has 9 nitrogen and oxygen atoms in total. The lowest BCUT2D eigenvalue weighted by molar-refractivity contribution is -0.172. The fourth-order valence-electron chi connectivity index (χ4n) is 4.99. The summed E-state index contributed by atoms with van der Waals surface area (Å²) < 4.78 is 15.9. The topological polar surface area (TPSA) is 109 Å². The van der Waals surface area contributed by atoms with Gasteiger partial charge in [0.15, 0.2) is 5.72 Å². The van der Waals surface area contributed by atoms with E-state index in [4.69, 9.17) is 14.2 Å². The zero-order chi connectivity index (χ0) is 26.0. The minimum atomic E-state index is -1.79. The van der Waals surface area contributed by atoms with Crippen molar-refractivity contribution in [2.24, 2.45) is 0 Å². The van der Waals surface area contributed by atoms with Crippen molar-refractivity contribution in [1.82, 2.24) is 9.80 Å². The number of piperidine rings is 1. The molecule has 2 aliphatic heterocycles. The number of likely N-dealkylation sites (tertiary alicyclic amines) is 1. The van der Waals surface area contributed by atoms with E-state index in [1.165, 1.54) is 6.92 Å². The third-order valence-corrected chi connectivity index (χ3v) is 6.68. The molecule has 2 aliphatic rings. The minimum Gasteiger partial charge on any atom is -0.512 e. The summed E-state index contributed by atoms with van der Waals surface area (Å²) in [6, 6.07) is 7.48. The maximum absolute atomic E-state index is 12.7. The molecule has 1 amide bonds. The summed E-state index contributed by atoms with van der Waals surface area (Å²) in [6.07, 6.45) is 0.746. The van der Waals surface area contributed by atoms with Gasteiger partial charge < -0.3 is 29.3 Å². The molecule has 9 heteroatoms. The molecule has 0 aromatic heterocycles. The largest absolute Gasteiger partial charge is 0.512 e. The Balaban J connectivity index is 1.95. The fraction of sp³-hybridized carbons (Fsp3) is 0.615. The second-order valence-corrected chi connectivity index (χ2v) is 10.4. The monoisotopic (exact) mass is 490 g/mol. The van der Waals surface area contributed by atoms with Gasteiger partial charge in [0, 0.05) is 31.6 Å². The van der Waals surface area contributed by atoms with Gasteiger partial charge in [-0.15, -0.1) is 0 Å². The van der Waals surface area contributed by atoms with Crippen LogP contribution in [0.3, 0.4) is 0 Å². The maximum Gasteiger partial charge on any atom is 0.410 e. The number of nitrogens with zero attached hydrogens (tertiary/aromatic N) is 2. The zero-order valence-corrected chi connectivity index (χ0v) is 21.6. The average Bonchev–Trinajstić information content (AvgIpc) is 2.76. The Bertz CT molecular complexity index is 955. The lowest BCUT2D eigenvalue weighted by Crippen LogP contribution is -2.66. The van der Waals surface area contributed by atoms with Crippen molar-refractivity contribution in [3.8, 4) is 5.75 Å².